The van der Waals surface area contributed by atoms with Crippen LogP contribution in [-0.2, 0) is 25.8 Å². The fourth-order valence-electron chi connectivity index (χ4n) is 4.40. The van der Waals surface area contributed by atoms with Crippen LogP contribution in [0.1, 0.15) is 29.7 Å². The van der Waals surface area contributed by atoms with E-state index in [1.165, 1.54) is 34.4 Å². The molecule has 9 heteroatoms. The number of pyridine rings is 1. The van der Waals surface area contributed by atoms with Crippen molar-refractivity contribution in [2.24, 2.45) is 0 Å². The molecule has 2 aliphatic rings. The highest BCUT2D eigenvalue weighted by Crippen LogP contribution is 2.54. The molecule has 2 fully saturated rings. The molecule has 2 aromatic heterocycles. The predicted molar refractivity (Wildman–Crippen MR) is 116 cm³/mol. The molecule has 4 heterocycles. The molecular weight excluding hydrogens is 433 g/mol. The summed E-state index contributed by atoms with van der Waals surface area (Å²) in [7, 11) is 0. The van der Waals surface area contributed by atoms with Gasteiger partial charge in [-0.3, -0.25) is 14.0 Å². The first-order valence-corrected chi connectivity index (χ1v) is 11.2. The monoisotopic (exact) mass is 453 g/mol. The number of carbonyl (C=O) groups is 2. The summed E-state index contributed by atoms with van der Waals surface area (Å²) in [5.41, 5.74) is 2.31. The molecular formula is C23H20FN3O4S. The second kappa shape index (κ2) is 7.74. The number of aromatic nitrogens is 2. The van der Waals surface area contributed by atoms with Crippen molar-refractivity contribution < 1.29 is 18.7 Å². The molecule has 0 bridgehead atoms. The van der Waals surface area contributed by atoms with Gasteiger partial charge >= 0.3 is 5.97 Å². The number of benzene rings is 1. The molecule has 5 rings (SSSR count). The quantitative estimate of drug-likeness (QED) is 0.565. The van der Waals surface area contributed by atoms with E-state index in [-0.39, 0.29) is 23.9 Å². The Morgan fingerprint density at radius 2 is 2.03 bits per heavy atom. The molecule has 2 aliphatic heterocycles. The third kappa shape index (κ3) is 3.37. The number of rotatable bonds is 4. The second-order valence-corrected chi connectivity index (χ2v) is 9.30. The molecule has 0 aliphatic carbocycles. The molecule has 0 saturated carbocycles. The molecule has 0 unspecified atom stereocenters. The molecule has 7 nitrogen and oxygen atoms in total. The van der Waals surface area contributed by atoms with Crippen molar-refractivity contribution in [3.63, 3.8) is 0 Å². The maximum absolute atomic E-state index is 13.4. The largest absolute Gasteiger partial charge is 0.458 e. The van der Waals surface area contributed by atoms with E-state index in [9.17, 15) is 18.8 Å². The molecule has 2 saturated heterocycles. The Labute approximate surface area is 187 Å². The van der Waals surface area contributed by atoms with Crippen LogP contribution < -0.4 is 5.56 Å². The van der Waals surface area contributed by atoms with Gasteiger partial charge in [-0.15, -0.1) is 11.8 Å². The number of hydrogen-bond donors (Lipinski definition) is 0. The number of amides is 1. The van der Waals surface area contributed by atoms with Gasteiger partial charge < -0.3 is 9.64 Å². The van der Waals surface area contributed by atoms with Gasteiger partial charge in [-0.2, -0.15) is 0 Å². The summed E-state index contributed by atoms with van der Waals surface area (Å²) in [5, 5.41) is 0. The fraction of sp³-hybridized carbons (Fsp3) is 0.304. The average Bonchev–Trinajstić information content (AvgIpc) is 3.31. The van der Waals surface area contributed by atoms with Crippen LogP contribution in [0.25, 0.3) is 5.65 Å². The highest BCUT2D eigenvalue weighted by atomic mass is 32.2. The van der Waals surface area contributed by atoms with Crippen molar-refractivity contribution in [2.75, 3.05) is 5.75 Å². The number of thioether (sulfide) groups is 1. The van der Waals surface area contributed by atoms with Crippen molar-refractivity contribution in [1.29, 1.82) is 0 Å². The first-order valence-electron chi connectivity index (χ1n) is 10.3. The summed E-state index contributed by atoms with van der Waals surface area (Å²) in [6, 6.07) is 10.2. The number of halogens is 1. The molecule has 2 atom stereocenters. The lowest BCUT2D eigenvalue weighted by Crippen LogP contribution is -2.46. The average molecular weight is 453 g/mol. The van der Waals surface area contributed by atoms with Gasteiger partial charge in [0.1, 0.15) is 29.0 Å². The van der Waals surface area contributed by atoms with Crippen LogP contribution in [0.4, 0.5) is 4.39 Å². The van der Waals surface area contributed by atoms with Gasteiger partial charge in [-0.25, -0.2) is 14.2 Å². The Morgan fingerprint density at radius 1 is 1.25 bits per heavy atom. The Bertz CT molecular complexity index is 1290. The van der Waals surface area contributed by atoms with E-state index < -0.39 is 16.9 Å². The minimum atomic E-state index is -0.746. The van der Waals surface area contributed by atoms with Gasteiger partial charge in [-0.1, -0.05) is 12.1 Å². The number of hydrogen-bond acceptors (Lipinski definition) is 6. The molecule has 0 radical (unpaired) electrons. The normalized spacial score (nSPS) is 22.4. The summed E-state index contributed by atoms with van der Waals surface area (Å²) in [4.78, 5) is 43.3. The summed E-state index contributed by atoms with van der Waals surface area (Å²) in [6.07, 6.45) is 2.52. The van der Waals surface area contributed by atoms with Crippen molar-refractivity contribution in [1.82, 2.24) is 14.3 Å². The minimum absolute atomic E-state index is 0.126. The summed E-state index contributed by atoms with van der Waals surface area (Å²) in [5.74, 6) is -0.634. The third-order valence-electron chi connectivity index (χ3n) is 5.93. The smallest absolute Gasteiger partial charge is 0.330 e. The topological polar surface area (TPSA) is 81.0 Å². The van der Waals surface area contributed by atoms with E-state index in [0.29, 0.717) is 29.9 Å². The molecule has 164 valence electrons. The molecule has 0 spiro atoms. The van der Waals surface area contributed by atoms with Gasteiger partial charge in [0.05, 0.1) is 5.69 Å². The van der Waals surface area contributed by atoms with E-state index in [1.807, 2.05) is 13.0 Å². The summed E-state index contributed by atoms with van der Waals surface area (Å²) < 4.78 is 20.3. The minimum Gasteiger partial charge on any atom is -0.458 e. The molecule has 3 aromatic rings. The molecule has 32 heavy (non-hydrogen) atoms. The van der Waals surface area contributed by atoms with Gasteiger partial charge in [0.15, 0.2) is 0 Å². The van der Waals surface area contributed by atoms with Gasteiger partial charge in [-0.05, 0) is 48.7 Å². The maximum Gasteiger partial charge on any atom is 0.330 e. The van der Waals surface area contributed by atoms with Crippen LogP contribution in [0, 0.1) is 12.7 Å². The van der Waals surface area contributed by atoms with Crippen molar-refractivity contribution in [3.8, 4) is 0 Å². The number of esters is 1. The number of ether oxygens (including phenoxy) is 1. The molecule has 1 amide bonds. The number of aryl methyl sites for hydroxylation is 1. The Balaban J connectivity index is 1.36. The van der Waals surface area contributed by atoms with Gasteiger partial charge in [0.25, 0.3) is 5.56 Å². The zero-order valence-corrected chi connectivity index (χ0v) is 18.1. The van der Waals surface area contributed by atoms with Crippen LogP contribution in [0.15, 0.2) is 53.5 Å². The van der Waals surface area contributed by atoms with Crippen molar-refractivity contribution in [2.45, 2.75) is 37.3 Å². The summed E-state index contributed by atoms with van der Waals surface area (Å²) >= 11 is 1.50. The fourth-order valence-corrected chi connectivity index (χ4v) is 6.03. The van der Waals surface area contributed by atoms with E-state index in [1.54, 1.807) is 29.3 Å². The second-order valence-electron chi connectivity index (χ2n) is 8.01. The van der Waals surface area contributed by atoms with E-state index in [2.05, 4.69) is 4.98 Å². The standard InChI is InChI=1S/C23H20FN3O4S/c1-14-7-9-26-19(10-14)25-17(11-21(26)29)12-31-22(30)18-13-32-23(8-6-20(28)27(18)23)15-2-4-16(24)5-3-15/h2-5,7,9-11,18H,6,8,12-13H2,1H3/t18-,23+/m1/s1. The first kappa shape index (κ1) is 20.7. The van der Waals surface area contributed by atoms with Crippen LogP contribution in [0.3, 0.4) is 0 Å². The van der Waals surface area contributed by atoms with Crippen molar-refractivity contribution in [3.05, 3.63) is 81.7 Å². The highest BCUT2D eigenvalue weighted by Gasteiger charge is 2.57. The molecule has 1 aromatic carbocycles. The Morgan fingerprint density at radius 3 is 2.81 bits per heavy atom. The van der Waals surface area contributed by atoms with Gasteiger partial charge in [0.2, 0.25) is 5.91 Å². The van der Waals surface area contributed by atoms with Crippen LogP contribution in [0.2, 0.25) is 0 Å². The summed E-state index contributed by atoms with van der Waals surface area (Å²) in [6.45, 7) is 1.74. The third-order valence-corrected chi connectivity index (χ3v) is 7.53. The van der Waals surface area contributed by atoms with E-state index in [4.69, 9.17) is 4.74 Å². The van der Waals surface area contributed by atoms with E-state index in [0.717, 1.165) is 11.1 Å². The van der Waals surface area contributed by atoms with Crippen LogP contribution in [-0.4, -0.2) is 38.0 Å². The predicted octanol–water partition coefficient (Wildman–Crippen LogP) is 2.78. The first-order chi connectivity index (χ1) is 15.4. The lowest BCUT2D eigenvalue weighted by molar-refractivity contribution is -0.155. The van der Waals surface area contributed by atoms with Crippen LogP contribution in [0.5, 0.6) is 0 Å². The number of fused-ring (bicyclic) bond motifs is 2. The number of nitrogens with zero attached hydrogens (tertiary/aromatic N) is 3. The van der Waals surface area contributed by atoms with Crippen LogP contribution >= 0.6 is 11.8 Å². The zero-order valence-electron chi connectivity index (χ0n) is 17.3. The number of carbonyl (C=O) groups excluding carboxylic acids is 2. The molecule has 0 N–H and O–H groups in total. The van der Waals surface area contributed by atoms with Gasteiger partial charge in [0, 0.05) is 24.4 Å². The maximum atomic E-state index is 13.4. The lowest BCUT2D eigenvalue weighted by Gasteiger charge is -2.33. The Hall–Kier alpha value is -3.20. The SMILES string of the molecule is Cc1ccn2c(=O)cc(COC(=O)[C@H]3CS[C@]4(c5ccc(F)cc5)CCC(=O)N34)nc2c1. The highest BCUT2D eigenvalue weighted by molar-refractivity contribution is 8.00. The van der Waals surface area contributed by atoms with Crippen molar-refractivity contribution >= 4 is 29.3 Å². The van der Waals surface area contributed by atoms with E-state index >= 15 is 0 Å². The Kier molecular flexibility index (Phi) is 5.00. The lowest BCUT2D eigenvalue weighted by atomic mass is 10.0. The zero-order chi connectivity index (χ0) is 22.5.